The molecule has 9 heterocycles. The van der Waals surface area contributed by atoms with Crippen molar-refractivity contribution in [3.63, 3.8) is 0 Å². The molecule has 0 saturated heterocycles. The fourth-order valence-corrected chi connectivity index (χ4v) is 23.1. The molecule has 6 aromatic heterocycles. The van der Waals surface area contributed by atoms with E-state index in [0.717, 1.165) is 105 Å². The second-order valence-electron chi connectivity index (χ2n) is 37.7. The minimum absolute atomic E-state index is 0.816. The van der Waals surface area contributed by atoms with Gasteiger partial charge in [-0.25, -0.2) is 0 Å². The van der Waals surface area contributed by atoms with Crippen molar-refractivity contribution >= 4 is 148 Å². The highest BCUT2D eigenvalue weighted by Gasteiger charge is 2.29. The maximum atomic E-state index is 6.27. The highest BCUT2D eigenvalue weighted by atomic mass is 16.3. The van der Waals surface area contributed by atoms with Crippen molar-refractivity contribution in [1.82, 2.24) is 13.7 Å². The number of hydrogen-bond donors (Lipinski definition) is 0. The predicted octanol–water partition coefficient (Wildman–Crippen LogP) is 34.6. The first-order valence-electron chi connectivity index (χ1n) is 48.8. The molecule has 3 aliphatic heterocycles. The van der Waals surface area contributed by atoms with Gasteiger partial charge in [-0.05, 0) is 276 Å². The Balaban J connectivity index is 0.000000104. The van der Waals surface area contributed by atoms with Crippen LogP contribution in [0.4, 0.5) is 17.1 Å². The van der Waals surface area contributed by atoms with Crippen molar-refractivity contribution < 1.29 is 13.3 Å². The fourth-order valence-electron chi connectivity index (χ4n) is 23.1. The third-order valence-corrected chi connectivity index (χ3v) is 29.6. The van der Waals surface area contributed by atoms with Crippen molar-refractivity contribution in [2.24, 2.45) is 0 Å². The Labute approximate surface area is 814 Å². The van der Waals surface area contributed by atoms with Crippen molar-refractivity contribution in [3.8, 4) is 83.8 Å². The van der Waals surface area contributed by atoms with Crippen LogP contribution in [0.3, 0.4) is 0 Å². The summed E-state index contributed by atoms with van der Waals surface area (Å²) in [4.78, 5) is 7.51. The third-order valence-electron chi connectivity index (χ3n) is 29.6. The quantitative estimate of drug-likeness (QED) is 0.143. The maximum Gasteiger partial charge on any atom is 0.136 e. The van der Waals surface area contributed by atoms with Gasteiger partial charge < -0.3 is 41.7 Å². The lowest BCUT2D eigenvalue weighted by molar-refractivity contribution is 0.668. The summed E-state index contributed by atoms with van der Waals surface area (Å²) in [7, 11) is 0. The number of para-hydroxylation sites is 12. The number of furan rings is 3. The molecular formula is C132H90N6O3. The number of nitrogens with zero attached hydrogens (tertiary/aromatic N) is 6. The molecule has 0 saturated carbocycles. The molecule has 9 heteroatoms. The Morgan fingerprint density at radius 2 is 0.426 bits per heavy atom. The molecule has 0 atom stereocenters. The number of rotatable bonds is 9. The smallest absolute Gasteiger partial charge is 0.136 e. The summed E-state index contributed by atoms with van der Waals surface area (Å²) in [5, 5.41) is 14.6. The van der Waals surface area contributed by atoms with Gasteiger partial charge >= 0.3 is 0 Å². The van der Waals surface area contributed by atoms with Crippen LogP contribution in [0.2, 0.25) is 0 Å². The molecule has 0 N–H and O–H groups in total. The van der Waals surface area contributed by atoms with Crippen LogP contribution in [-0.4, -0.2) is 13.7 Å². The SMILES string of the molecule is c1ccc(N2Cc3cc(-n4c5ccccc5c5ccccc54)ccc3-c3cc(-c4ccc5c(c4)oc4ccccc45)ccc3C2)cc1.c1ccc(N2Cc3cc(-n4c5ccccc5c5ccccc54)ccc3-c3cc(-c4ccc5oc6ccccc6c5c4)ccc3C2)cc1.c1ccc(N2Cc3cc(-n4c5ccccc5c5ccccc54)ccc3-c3cc(-c4cccc5oc6ccccc6c45)ccc3C2)cc1. The molecular weight excluding hydrogens is 1720 g/mol. The van der Waals surface area contributed by atoms with Crippen molar-refractivity contribution in [2.45, 2.75) is 39.3 Å². The number of benzene rings is 21. The van der Waals surface area contributed by atoms with Gasteiger partial charge in [-0.15, -0.1) is 0 Å². The Hall–Kier alpha value is -18.2. The lowest BCUT2D eigenvalue weighted by Gasteiger charge is -2.24. The van der Waals surface area contributed by atoms with Crippen LogP contribution in [0.1, 0.15) is 33.4 Å². The van der Waals surface area contributed by atoms with Gasteiger partial charge in [0.05, 0.1) is 33.1 Å². The first-order chi connectivity index (χ1) is 69.9. The topological polar surface area (TPSA) is 63.9 Å². The first kappa shape index (κ1) is 81.2. The first-order valence-corrected chi connectivity index (χ1v) is 48.8. The van der Waals surface area contributed by atoms with E-state index in [-0.39, 0.29) is 0 Å². The lowest BCUT2D eigenvalue weighted by atomic mass is 9.91. The van der Waals surface area contributed by atoms with Crippen LogP contribution in [0.15, 0.2) is 486 Å². The molecule has 666 valence electrons. The summed E-state index contributed by atoms with van der Waals surface area (Å²) in [5.41, 5.74) is 43.0. The molecule has 0 radical (unpaired) electrons. The van der Waals surface area contributed by atoms with Crippen LogP contribution in [0.5, 0.6) is 0 Å². The van der Waals surface area contributed by atoms with Gasteiger partial charge in [-0.2, -0.15) is 0 Å². The van der Waals surface area contributed by atoms with Crippen LogP contribution in [-0.2, 0) is 39.3 Å². The van der Waals surface area contributed by atoms with Crippen LogP contribution in [0.25, 0.3) is 215 Å². The standard InChI is InChI=1S/3C44H30N2O/c1-2-11-32(12-3-1)45-27-30-22-21-29(35-16-10-20-43-44(35)38-15-6-9-19-42(38)47-43)26-39(30)34-24-23-33(25-31(34)28-45)46-40-17-7-4-13-36(40)37-14-5-8-18-41(37)46;1-2-10-33(11-3-1)45-27-31-19-18-29(30-20-23-44-40(26-30)38-14-6-9-17-43(38)47-44)25-39(31)35-22-21-34(24-32(35)28-45)46-41-15-7-4-12-36(41)37-13-5-8-16-42(37)46;1-2-10-33(11-3-1)45-27-31-19-18-29(30-20-22-39-38-14-6-9-17-43(38)47-44(39)26-30)25-40(31)35-23-21-34(24-32(35)28-45)46-41-15-7-4-12-36(41)37-13-5-8-16-42(37)46/h3*1-26H,27-28H2. The minimum Gasteiger partial charge on any atom is -0.456 e. The summed E-state index contributed by atoms with van der Waals surface area (Å²) in [5.74, 6) is 0. The Bertz CT molecular complexity index is 9520. The zero-order chi connectivity index (χ0) is 92.7. The van der Waals surface area contributed by atoms with Crippen LogP contribution in [0, 0.1) is 0 Å². The normalized spacial score (nSPS) is 12.9. The fraction of sp³-hybridized carbons (Fsp3) is 0.0455. The summed E-state index contributed by atoms with van der Waals surface area (Å²) < 4.78 is 25.9. The lowest BCUT2D eigenvalue weighted by Crippen LogP contribution is -2.20. The number of aromatic nitrogens is 3. The van der Waals surface area contributed by atoms with Gasteiger partial charge in [-0.1, -0.05) is 297 Å². The molecule has 27 aromatic rings. The predicted molar refractivity (Wildman–Crippen MR) is 586 cm³/mol. The molecule has 0 unspecified atom stereocenters. The van der Waals surface area contributed by atoms with Crippen molar-refractivity contribution in [1.29, 1.82) is 0 Å². The van der Waals surface area contributed by atoms with Crippen molar-refractivity contribution in [2.75, 3.05) is 14.7 Å². The number of fused-ring (bicyclic) bond motifs is 27. The second-order valence-corrected chi connectivity index (χ2v) is 37.7. The molecule has 0 fully saturated rings. The molecule has 30 rings (SSSR count). The van der Waals surface area contributed by atoms with E-state index in [1.807, 2.05) is 30.3 Å². The van der Waals surface area contributed by atoms with E-state index in [2.05, 4.69) is 471 Å². The van der Waals surface area contributed by atoms with E-state index in [0.29, 0.717) is 0 Å². The molecule has 0 spiro atoms. The van der Waals surface area contributed by atoms with Crippen LogP contribution < -0.4 is 14.7 Å². The highest BCUT2D eigenvalue weighted by molar-refractivity contribution is 6.15. The monoisotopic (exact) mass is 1810 g/mol. The van der Waals surface area contributed by atoms with E-state index < -0.39 is 0 Å². The van der Waals surface area contributed by atoms with Gasteiger partial charge in [0.2, 0.25) is 0 Å². The minimum atomic E-state index is 0.816. The maximum absolute atomic E-state index is 6.27. The van der Waals surface area contributed by atoms with Gasteiger partial charge in [0, 0.05) is 138 Å². The van der Waals surface area contributed by atoms with E-state index >= 15 is 0 Å². The van der Waals surface area contributed by atoms with Gasteiger partial charge in [0.15, 0.2) is 0 Å². The highest BCUT2D eigenvalue weighted by Crippen LogP contribution is 2.48. The third kappa shape index (κ3) is 13.9. The summed E-state index contributed by atoms with van der Waals surface area (Å²) in [6, 6.07) is 172. The molecule has 9 nitrogen and oxygen atoms in total. The second kappa shape index (κ2) is 33.4. The Morgan fingerprint density at radius 3 is 0.844 bits per heavy atom. The van der Waals surface area contributed by atoms with E-state index in [9.17, 15) is 0 Å². The summed E-state index contributed by atoms with van der Waals surface area (Å²) in [6.07, 6.45) is 0. The molecule has 141 heavy (non-hydrogen) atoms. The molecule has 0 bridgehead atoms. The molecule has 21 aromatic carbocycles. The van der Waals surface area contributed by atoms with Crippen molar-refractivity contribution in [3.05, 3.63) is 507 Å². The number of anilines is 3. The van der Waals surface area contributed by atoms with E-state index in [4.69, 9.17) is 13.3 Å². The van der Waals surface area contributed by atoms with Gasteiger partial charge in [0.1, 0.15) is 33.5 Å². The molecule has 0 aliphatic carbocycles. The van der Waals surface area contributed by atoms with Gasteiger partial charge in [0.25, 0.3) is 0 Å². The molecule has 0 amide bonds. The Kier molecular flexibility index (Phi) is 19.2. The molecule has 3 aliphatic rings. The summed E-state index contributed by atoms with van der Waals surface area (Å²) >= 11 is 0. The Morgan fingerprint density at radius 1 is 0.142 bits per heavy atom. The zero-order valence-electron chi connectivity index (χ0n) is 77.2. The largest absolute Gasteiger partial charge is 0.456 e. The van der Waals surface area contributed by atoms with E-state index in [1.54, 1.807) is 0 Å². The van der Waals surface area contributed by atoms with E-state index in [1.165, 1.54) is 200 Å². The number of hydrogen-bond acceptors (Lipinski definition) is 6. The zero-order valence-corrected chi connectivity index (χ0v) is 77.2. The van der Waals surface area contributed by atoms with Crippen LogP contribution >= 0.6 is 0 Å². The summed E-state index contributed by atoms with van der Waals surface area (Å²) in [6.45, 7) is 4.96. The average molecular weight is 1810 g/mol. The van der Waals surface area contributed by atoms with Gasteiger partial charge in [-0.3, -0.25) is 0 Å². The average Bonchev–Trinajstić information content (AvgIpc) is 1.59.